The van der Waals surface area contributed by atoms with Gasteiger partial charge in [-0.05, 0) is 44.4 Å². The minimum absolute atomic E-state index is 0.217. The van der Waals surface area contributed by atoms with E-state index in [1.54, 1.807) is 0 Å². The van der Waals surface area contributed by atoms with E-state index in [2.05, 4.69) is 5.32 Å². The van der Waals surface area contributed by atoms with E-state index in [0.29, 0.717) is 6.42 Å². The lowest BCUT2D eigenvalue weighted by molar-refractivity contribution is -0.130. The maximum atomic E-state index is 12.2. The summed E-state index contributed by atoms with van der Waals surface area (Å²) in [7, 11) is 0. The highest BCUT2D eigenvalue weighted by Gasteiger charge is 2.41. The number of amides is 2. The summed E-state index contributed by atoms with van der Waals surface area (Å²) in [5, 5.41) is 3.53. The lowest BCUT2D eigenvalue weighted by Gasteiger charge is -2.32. The molecule has 0 aromatic heterocycles. The van der Waals surface area contributed by atoms with Crippen LogP contribution in [0.5, 0.6) is 0 Å². The Hall–Kier alpha value is -1.10. The van der Waals surface area contributed by atoms with Gasteiger partial charge < -0.3 is 16.0 Å². The van der Waals surface area contributed by atoms with Crippen molar-refractivity contribution < 1.29 is 9.59 Å². The topological polar surface area (TPSA) is 75.4 Å². The Morgan fingerprint density at radius 3 is 2.57 bits per heavy atom. The van der Waals surface area contributed by atoms with Gasteiger partial charge in [-0.15, -0.1) is 0 Å². The summed E-state index contributed by atoms with van der Waals surface area (Å²) in [4.78, 5) is 26.1. The maximum Gasteiger partial charge on any atom is 0.237 e. The molecule has 118 valence electrons. The molecule has 0 radical (unpaired) electrons. The fourth-order valence-corrected chi connectivity index (χ4v) is 3.82. The normalized spacial score (nSPS) is 29.4. The van der Waals surface area contributed by atoms with Crippen LogP contribution in [-0.2, 0) is 9.59 Å². The number of carbonyl (C=O) groups is 2. The van der Waals surface area contributed by atoms with Gasteiger partial charge in [-0.2, -0.15) is 0 Å². The zero-order valence-corrected chi connectivity index (χ0v) is 12.8. The van der Waals surface area contributed by atoms with Crippen LogP contribution in [0.15, 0.2) is 0 Å². The van der Waals surface area contributed by atoms with E-state index in [1.807, 2.05) is 4.90 Å². The van der Waals surface area contributed by atoms with Gasteiger partial charge in [0.2, 0.25) is 11.8 Å². The number of rotatable bonds is 5. The number of hydrogen-bond donors (Lipinski definition) is 2. The van der Waals surface area contributed by atoms with Crippen molar-refractivity contribution in [1.29, 1.82) is 0 Å². The molecule has 0 bridgehead atoms. The van der Waals surface area contributed by atoms with Crippen molar-refractivity contribution in [1.82, 2.24) is 10.2 Å². The Bertz CT molecular complexity index is 414. The highest BCUT2D eigenvalue weighted by atomic mass is 16.2. The molecule has 1 heterocycles. The molecule has 0 aromatic carbocycles. The molecule has 3 aliphatic rings. The van der Waals surface area contributed by atoms with Crippen molar-refractivity contribution >= 4 is 11.8 Å². The Morgan fingerprint density at radius 1 is 1.24 bits per heavy atom. The molecular weight excluding hydrogens is 266 g/mol. The molecule has 1 unspecified atom stereocenters. The number of nitrogens with zero attached hydrogens (tertiary/aromatic N) is 1. The van der Waals surface area contributed by atoms with Gasteiger partial charge in [0.25, 0.3) is 0 Å². The predicted molar refractivity (Wildman–Crippen MR) is 80.5 cm³/mol. The Morgan fingerprint density at radius 2 is 1.95 bits per heavy atom. The van der Waals surface area contributed by atoms with Crippen LogP contribution in [0, 0.1) is 5.92 Å². The van der Waals surface area contributed by atoms with Crippen LogP contribution < -0.4 is 11.1 Å². The van der Waals surface area contributed by atoms with E-state index in [1.165, 1.54) is 12.8 Å². The smallest absolute Gasteiger partial charge is 0.237 e. The zero-order chi connectivity index (χ0) is 14.9. The van der Waals surface area contributed by atoms with E-state index >= 15 is 0 Å². The molecule has 21 heavy (non-hydrogen) atoms. The number of carbonyl (C=O) groups excluding carboxylic acids is 2. The quantitative estimate of drug-likeness (QED) is 0.799. The van der Waals surface area contributed by atoms with Gasteiger partial charge in [0.1, 0.15) is 0 Å². The average Bonchev–Trinajstić information content (AvgIpc) is 3.18. The summed E-state index contributed by atoms with van der Waals surface area (Å²) >= 11 is 0. The number of likely N-dealkylation sites (tertiary alicyclic amines) is 1. The van der Waals surface area contributed by atoms with E-state index < -0.39 is 5.54 Å². The Labute approximate surface area is 126 Å². The van der Waals surface area contributed by atoms with Crippen molar-refractivity contribution in [2.24, 2.45) is 11.7 Å². The minimum atomic E-state index is -0.515. The van der Waals surface area contributed by atoms with Crippen LogP contribution in [0.4, 0.5) is 0 Å². The first-order valence-electron chi connectivity index (χ1n) is 8.44. The van der Waals surface area contributed by atoms with Gasteiger partial charge in [0.05, 0.1) is 5.54 Å². The third kappa shape index (κ3) is 3.39. The fourth-order valence-electron chi connectivity index (χ4n) is 3.82. The van der Waals surface area contributed by atoms with Crippen molar-refractivity contribution in [3.63, 3.8) is 0 Å². The van der Waals surface area contributed by atoms with Crippen LogP contribution in [0.3, 0.4) is 0 Å². The van der Waals surface area contributed by atoms with Crippen LogP contribution >= 0.6 is 0 Å². The van der Waals surface area contributed by atoms with Crippen molar-refractivity contribution in [3.8, 4) is 0 Å². The molecular formula is C16H27N3O2. The van der Waals surface area contributed by atoms with E-state index in [9.17, 15) is 9.59 Å². The van der Waals surface area contributed by atoms with Crippen LogP contribution in [0.1, 0.15) is 57.8 Å². The molecule has 5 heteroatoms. The van der Waals surface area contributed by atoms with Crippen molar-refractivity contribution in [2.75, 3.05) is 13.1 Å². The molecule has 1 aliphatic heterocycles. The number of nitrogens with two attached hydrogens (primary N) is 1. The molecule has 2 amide bonds. The summed E-state index contributed by atoms with van der Waals surface area (Å²) in [5.41, 5.74) is 5.12. The Kier molecular flexibility index (Phi) is 4.20. The van der Waals surface area contributed by atoms with Crippen LogP contribution in [-0.4, -0.2) is 41.4 Å². The van der Waals surface area contributed by atoms with Gasteiger partial charge in [0, 0.05) is 25.6 Å². The molecule has 1 atom stereocenters. The second-order valence-corrected chi connectivity index (χ2v) is 7.11. The summed E-state index contributed by atoms with van der Waals surface area (Å²) in [6.45, 7) is 1.76. The molecule has 2 aliphatic carbocycles. The molecule has 1 saturated heterocycles. The second-order valence-electron chi connectivity index (χ2n) is 7.11. The standard InChI is InChI=1S/C16H27N3O2/c17-15(21)16(8-1-2-9-16)18-13-5-6-14(20)19(10-7-13)11-12-3-4-12/h12-13,18H,1-11H2,(H2,17,21). The summed E-state index contributed by atoms with van der Waals surface area (Å²) in [6, 6.07) is 0.240. The van der Waals surface area contributed by atoms with Crippen LogP contribution in [0.25, 0.3) is 0 Å². The van der Waals surface area contributed by atoms with Gasteiger partial charge in [-0.25, -0.2) is 0 Å². The SMILES string of the molecule is NC(=O)C1(NC2CCC(=O)N(CC3CC3)CC2)CCCC1. The van der Waals surface area contributed by atoms with Crippen molar-refractivity contribution in [2.45, 2.75) is 69.4 Å². The molecule has 0 aromatic rings. The third-order valence-electron chi connectivity index (χ3n) is 5.39. The fraction of sp³-hybridized carbons (Fsp3) is 0.875. The first-order chi connectivity index (χ1) is 10.1. The predicted octanol–water partition coefficient (Wildman–Crippen LogP) is 1.17. The average molecular weight is 293 g/mol. The maximum absolute atomic E-state index is 12.2. The first kappa shape index (κ1) is 14.8. The molecule has 0 spiro atoms. The second kappa shape index (κ2) is 5.95. The summed E-state index contributed by atoms with van der Waals surface area (Å²) in [6.07, 6.45) is 8.73. The molecule has 5 nitrogen and oxygen atoms in total. The summed E-state index contributed by atoms with van der Waals surface area (Å²) < 4.78 is 0. The van der Waals surface area contributed by atoms with E-state index in [-0.39, 0.29) is 17.9 Å². The molecule has 3 rings (SSSR count). The monoisotopic (exact) mass is 293 g/mol. The highest BCUT2D eigenvalue weighted by molar-refractivity contribution is 5.85. The minimum Gasteiger partial charge on any atom is -0.368 e. The molecule has 3 N–H and O–H groups in total. The largest absolute Gasteiger partial charge is 0.368 e. The van der Waals surface area contributed by atoms with Crippen LogP contribution in [0.2, 0.25) is 0 Å². The van der Waals surface area contributed by atoms with E-state index in [0.717, 1.165) is 57.5 Å². The van der Waals surface area contributed by atoms with Gasteiger partial charge >= 0.3 is 0 Å². The number of hydrogen-bond acceptors (Lipinski definition) is 3. The third-order valence-corrected chi connectivity index (χ3v) is 5.39. The summed E-state index contributed by atoms with van der Waals surface area (Å²) in [5.74, 6) is 0.807. The molecule has 3 fully saturated rings. The van der Waals surface area contributed by atoms with Gasteiger partial charge in [-0.3, -0.25) is 9.59 Å². The lowest BCUT2D eigenvalue weighted by Crippen LogP contribution is -2.57. The van der Waals surface area contributed by atoms with Gasteiger partial charge in [0.15, 0.2) is 0 Å². The molecule has 2 saturated carbocycles. The van der Waals surface area contributed by atoms with E-state index in [4.69, 9.17) is 5.73 Å². The zero-order valence-electron chi connectivity index (χ0n) is 12.8. The van der Waals surface area contributed by atoms with Crippen molar-refractivity contribution in [3.05, 3.63) is 0 Å². The lowest BCUT2D eigenvalue weighted by atomic mass is 9.94. The number of nitrogens with one attached hydrogen (secondary N) is 1. The number of primary amides is 1. The highest BCUT2D eigenvalue weighted by Crippen LogP contribution is 2.32. The first-order valence-corrected chi connectivity index (χ1v) is 8.44. The van der Waals surface area contributed by atoms with Gasteiger partial charge in [-0.1, -0.05) is 12.8 Å². The Balaban J connectivity index is 1.58.